The summed E-state index contributed by atoms with van der Waals surface area (Å²) < 4.78 is 4.83. The first kappa shape index (κ1) is 21.0. The first-order valence-corrected chi connectivity index (χ1v) is 9.99. The van der Waals surface area contributed by atoms with Crippen molar-refractivity contribution in [1.82, 2.24) is 15.0 Å². The number of esters is 1. The van der Waals surface area contributed by atoms with E-state index in [1.807, 2.05) is 31.2 Å². The Labute approximate surface area is 184 Å². The zero-order chi connectivity index (χ0) is 22.7. The number of methoxy groups -OCH3 is 1. The van der Waals surface area contributed by atoms with Crippen molar-refractivity contribution >= 4 is 51.1 Å². The number of rotatable bonds is 7. The minimum atomic E-state index is -0.438. The minimum Gasteiger partial charge on any atom is -0.465 e. The van der Waals surface area contributed by atoms with Crippen LogP contribution in [-0.4, -0.2) is 40.5 Å². The fourth-order valence-electron chi connectivity index (χ4n) is 3.36. The van der Waals surface area contributed by atoms with E-state index >= 15 is 0 Å². The molecular formula is C23H22N6O3. The Hall–Kier alpha value is -4.27. The monoisotopic (exact) mass is 430 g/mol. The van der Waals surface area contributed by atoms with Crippen LogP contribution in [-0.2, 0) is 9.53 Å². The number of nitrogens with one attached hydrogen (secondary N) is 2. The number of amides is 1. The largest absolute Gasteiger partial charge is 0.465 e. The second-order valence-electron chi connectivity index (χ2n) is 7.28. The molecule has 0 fully saturated rings. The number of pyridine rings is 1. The van der Waals surface area contributed by atoms with Gasteiger partial charge < -0.3 is 21.1 Å². The number of aromatic nitrogens is 3. The van der Waals surface area contributed by atoms with Crippen LogP contribution in [0.3, 0.4) is 0 Å². The van der Waals surface area contributed by atoms with Gasteiger partial charge in [-0.05, 0) is 36.8 Å². The van der Waals surface area contributed by atoms with Crippen LogP contribution in [0.4, 0.5) is 17.5 Å². The van der Waals surface area contributed by atoms with Gasteiger partial charge in [0, 0.05) is 35.6 Å². The molecule has 4 rings (SSSR count). The number of nitrogens with two attached hydrogens (primary N) is 1. The van der Waals surface area contributed by atoms with Crippen LogP contribution in [0.5, 0.6) is 0 Å². The van der Waals surface area contributed by atoms with Gasteiger partial charge in [0.05, 0.1) is 18.2 Å². The van der Waals surface area contributed by atoms with Crippen LogP contribution in [0, 0.1) is 6.92 Å². The van der Waals surface area contributed by atoms with Crippen molar-refractivity contribution in [3.8, 4) is 0 Å². The number of hydrogen-bond donors (Lipinski definition) is 3. The molecule has 0 unspecified atom stereocenters. The second kappa shape index (κ2) is 8.84. The summed E-state index contributed by atoms with van der Waals surface area (Å²) >= 11 is 0. The first-order chi connectivity index (χ1) is 15.4. The van der Waals surface area contributed by atoms with Gasteiger partial charge in [-0.2, -0.15) is 0 Å². The van der Waals surface area contributed by atoms with E-state index in [9.17, 15) is 9.59 Å². The summed E-state index contributed by atoms with van der Waals surface area (Å²) in [5, 5.41) is 7.90. The maximum absolute atomic E-state index is 12.0. The number of ether oxygens (including phenoxy) is 1. The van der Waals surface area contributed by atoms with E-state index in [0.717, 1.165) is 22.0 Å². The predicted molar refractivity (Wildman–Crippen MR) is 123 cm³/mol. The molecule has 0 bridgehead atoms. The first-order valence-electron chi connectivity index (χ1n) is 9.99. The summed E-state index contributed by atoms with van der Waals surface area (Å²) in [6.45, 7) is 2.33. The molecule has 9 nitrogen and oxygen atoms in total. The molecule has 162 valence electrons. The lowest BCUT2D eigenvalue weighted by atomic mass is 10.1. The molecule has 9 heteroatoms. The van der Waals surface area contributed by atoms with Crippen LogP contribution in [0.25, 0.3) is 21.8 Å². The van der Waals surface area contributed by atoms with Gasteiger partial charge in [-0.25, -0.2) is 19.7 Å². The van der Waals surface area contributed by atoms with Gasteiger partial charge in [0.2, 0.25) is 11.9 Å². The summed E-state index contributed by atoms with van der Waals surface area (Å²) in [4.78, 5) is 36.8. The van der Waals surface area contributed by atoms with Gasteiger partial charge in [0.15, 0.2) is 5.82 Å². The lowest BCUT2D eigenvalue weighted by Crippen LogP contribution is -2.16. The number of anilines is 3. The highest BCUT2D eigenvalue weighted by molar-refractivity contribution is 6.10. The van der Waals surface area contributed by atoms with Gasteiger partial charge in [-0.15, -0.1) is 0 Å². The van der Waals surface area contributed by atoms with E-state index in [-0.39, 0.29) is 6.42 Å². The van der Waals surface area contributed by atoms with Crippen molar-refractivity contribution in [3.05, 3.63) is 59.8 Å². The third kappa shape index (κ3) is 4.41. The van der Waals surface area contributed by atoms with Gasteiger partial charge in [0.25, 0.3) is 0 Å². The maximum Gasteiger partial charge on any atom is 0.337 e. The van der Waals surface area contributed by atoms with Crippen molar-refractivity contribution in [2.24, 2.45) is 5.73 Å². The zero-order valence-corrected chi connectivity index (χ0v) is 17.7. The van der Waals surface area contributed by atoms with Crippen LogP contribution >= 0.6 is 0 Å². The zero-order valence-electron chi connectivity index (χ0n) is 17.7. The van der Waals surface area contributed by atoms with Crippen LogP contribution < -0.4 is 16.4 Å². The fraction of sp³-hybridized carbons (Fsp3) is 0.174. The third-order valence-electron chi connectivity index (χ3n) is 4.89. The number of benzene rings is 2. The predicted octanol–water partition coefficient (Wildman–Crippen LogP) is 3.30. The highest BCUT2D eigenvalue weighted by atomic mass is 16.5. The SMILES string of the molecule is COC(=O)c1ccc2c(c1)nc(Nc1cccc(C)c1)c1nc(NCCC(N)=O)ncc12. The molecule has 4 N–H and O–H groups in total. The molecule has 32 heavy (non-hydrogen) atoms. The number of carbonyl (C=O) groups excluding carboxylic acids is 2. The summed E-state index contributed by atoms with van der Waals surface area (Å²) in [7, 11) is 1.34. The molecule has 0 aliphatic carbocycles. The Morgan fingerprint density at radius 2 is 1.94 bits per heavy atom. The Kier molecular flexibility index (Phi) is 5.80. The van der Waals surface area contributed by atoms with Crippen molar-refractivity contribution in [1.29, 1.82) is 0 Å². The summed E-state index contributed by atoms with van der Waals surface area (Å²) in [5.41, 5.74) is 8.75. The minimum absolute atomic E-state index is 0.169. The Balaban J connectivity index is 1.85. The number of fused-ring (bicyclic) bond motifs is 3. The normalized spacial score (nSPS) is 10.8. The average molecular weight is 430 g/mol. The van der Waals surface area contributed by atoms with E-state index in [1.165, 1.54) is 7.11 Å². The summed E-state index contributed by atoms with van der Waals surface area (Å²) in [6, 6.07) is 13.0. The van der Waals surface area contributed by atoms with Crippen LogP contribution in [0.15, 0.2) is 48.7 Å². The van der Waals surface area contributed by atoms with Crippen molar-refractivity contribution in [2.75, 3.05) is 24.3 Å². The molecular weight excluding hydrogens is 408 g/mol. The van der Waals surface area contributed by atoms with Crippen LogP contribution in [0.2, 0.25) is 0 Å². The fourth-order valence-corrected chi connectivity index (χ4v) is 3.36. The van der Waals surface area contributed by atoms with E-state index in [1.54, 1.807) is 24.4 Å². The van der Waals surface area contributed by atoms with Gasteiger partial charge in [-0.3, -0.25) is 4.79 Å². The second-order valence-corrected chi connectivity index (χ2v) is 7.28. The molecule has 2 aromatic carbocycles. The van der Waals surface area contributed by atoms with Crippen molar-refractivity contribution in [2.45, 2.75) is 13.3 Å². The number of carbonyl (C=O) groups is 2. The lowest BCUT2D eigenvalue weighted by Gasteiger charge is -2.13. The number of aryl methyl sites for hydroxylation is 1. The highest BCUT2D eigenvalue weighted by Gasteiger charge is 2.15. The Bertz CT molecular complexity index is 1340. The van der Waals surface area contributed by atoms with Crippen molar-refractivity contribution < 1.29 is 14.3 Å². The summed E-state index contributed by atoms with van der Waals surface area (Å²) in [6.07, 6.45) is 1.86. The number of hydrogen-bond acceptors (Lipinski definition) is 8. The quantitative estimate of drug-likeness (QED) is 0.300. The maximum atomic E-state index is 12.0. The molecule has 1 amide bonds. The lowest BCUT2D eigenvalue weighted by molar-refractivity contribution is -0.117. The van der Waals surface area contributed by atoms with E-state index in [0.29, 0.717) is 34.9 Å². The smallest absolute Gasteiger partial charge is 0.337 e. The molecule has 2 aromatic heterocycles. The van der Waals surface area contributed by atoms with Gasteiger partial charge in [0.1, 0.15) is 5.52 Å². The molecule has 0 spiro atoms. The summed E-state index contributed by atoms with van der Waals surface area (Å²) in [5.74, 6) is 0.0280. The molecule has 0 saturated carbocycles. The molecule has 0 saturated heterocycles. The molecule has 0 atom stereocenters. The molecule has 2 heterocycles. The van der Waals surface area contributed by atoms with Gasteiger partial charge in [-0.1, -0.05) is 18.2 Å². The molecule has 4 aromatic rings. The van der Waals surface area contributed by atoms with E-state index < -0.39 is 11.9 Å². The topological polar surface area (TPSA) is 132 Å². The van der Waals surface area contributed by atoms with Crippen LogP contribution in [0.1, 0.15) is 22.3 Å². The number of nitrogens with zero attached hydrogens (tertiary/aromatic N) is 3. The Morgan fingerprint density at radius 1 is 1.09 bits per heavy atom. The third-order valence-corrected chi connectivity index (χ3v) is 4.89. The van der Waals surface area contributed by atoms with Gasteiger partial charge >= 0.3 is 5.97 Å². The number of primary amides is 1. The van der Waals surface area contributed by atoms with Crippen molar-refractivity contribution in [3.63, 3.8) is 0 Å². The average Bonchev–Trinajstić information content (AvgIpc) is 2.78. The Morgan fingerprint density at radius 3 is 2.69 bits per heavy atom. The molecule has 0 aliphatic heterocycles. The highest BCUT2D eigenvalue weighted by Crippen LogP contribution is 2.31. The molecule has 0 radical (unpaired) electrons. The van der Waals surface area contributed by atoms with E-state index in [4.69, 9.17) is 15.5 Å². The molecule has 0 aliphatic rings. The van der Waals surface area contributed by atoms with E-state index in [2.05, 4.69) is 20.6 Å². The standard InChI is InChI=1S/C23H22N6O3/c1-13-4-3-5-15(10-13)27-21-20-17(12-26-23(29-20)25-9-8-19(24)30)16-7-6-14(22(31)32-2)11-18(16)28-21/h3-7,10-12H,8-9H2,1-2H3,(H2,24,30)(H,27,28)(H,25,26,29).